The molecule has 0 radical (unpaired) electrons. The number of rotatable bonds is 7. The van der Waals surface area contributed by atoms with Crippen molar-refractivity contribution >= 4 is 5.71 Å². The summed E-state index contributed by atoms with van der Waals surface area (Å²) in [5.74, 6) is 0.563. The zero-order valence-electron chi connectivity index (χ0n) is 12.4. The number of ether oxygens (including phenoxy) is 2. The molecule has 0 N–H and O–H groups in total. The third kappa shape index (κ3) is 4.08. The predicted octanol–water partition coefficient (Wildman–Crippen LogP) is 2.13. The second kappa shape index (κ2) is 7.60. The molecule has 0 saturated heterocycles. The Labute approximate surface area is 127 Å². The standard InChI is InChI=1S/C14H18N2O6/c1-3-20-14-8-12(10-4-6-11(19-2)7-5-10)13(15-22-14)9-21-16(17)18/h4-7,12,14H,3,8-9H2,1-2H3/t12-,14-/m0/s1. The molecule has 0 spiro atoms. The number of benzene rings is 1. The van der Waals surface area contributed by atoms with Gasteiger partial charge in [-0.05, 0) is 24.6 Å². The molecule has 1 heterocycles. The third-order valence-corrected chi connectivity index (χ3v) is 3.31. The largest absolute Gasteiger partial charge is 0.497 e. The molecule has 0 aliphatic carbocycles. The fourth-order valence-corrected chi connectivity index (χ4v) is 2.26. The molecule has 0 saturated carbocycles. The third-order valence-electron chi connectivity index (χ3n) is 3.31. The monoisotopic (exact) mass is 310 g/mol. The van der Waals surface area contributed by atoms with Crippen LogP contribution in [-0.2, 0) is 14.4 Å². The highest BCUT2D eigenvalue weighted by molar-refractivity contribution is 5.92. The molecule has 0 unspecified atom stereocenters. The van der Waals surface area contributed by atoms with Crippen molar-refractivity contribution in [2.45, 2.75) is 25.6 Å². The molecule has 2 rings (SSSR count). The summed E-state index contributed by atoms with van der Waals surface area (Å²) in [5.41, 5.74) is 1.40. The normalized spacial score (nSPS) is 20.7. The van der Waals surface area contributed by atoms with Crippen LogP contribution < -0.4 is 4.74 Å². The molecule has 0 fully saturated rings. The van der Waals surface area contributed by atoms with Crippen molar-refractivity contribution in [1.29, 1.82) is 0 Å². The maximum Gasteiger partial charge on any atom is 0.294 e. The molecule has 0 bridgehead atoms. The first-order valence-electron chi connectivity index (χ1n) is 6.89. The number of nitrogens with zero attached hydrogens (tertiary/aromatic N) is 2. The molecular formula is C14H18N2O6. The number of methoxy groups -OCH3 is 1. The first-order valence-corrected chi connectivity index (χ1v) is 6.89. The highest BCUT2D eigenvalue weighted by atomic mass is 16.9. The minimum atomic E-state index is -0.845. The van der Waals surface area contributed by atoms with Crippen LogP contribution in [0.3, 0.4) is 0 Å². The van der Waals surface area contributed by atoms with Gasteiger partial charge in [0.25, 0.3) is 5.09 Å². The van der Waals surface area contributed by atoms with Gasteiger partial charge in [-0.3, -0.25) is 0 Å². The van der Waals surface area contributed by atoms with Gasteiger partial charge in [-0.2, -0.15) is 0 Å². The van der Waals surface area contributed by atoms with Crippen molar-refractivity contribution in [3.63, 3.8) is 0 Å². The molecule has 0 aromatic heterocycles. The van der Waals surface area contributed by atoms with Gasteiger partial charge in [0.2, 0.25) is 6.29 Å². The van der Waals surface area contributed by atoms with E-state index in [4.69, 9.17) is 14.3 Å². The van der Waals surface area contributed by atoms with Gasteiger partial charge < -0.3 is 19.1 Å². The van der Waals surface area contributed by atoms with Crippen LogP contribution in [-0.4, -0.2) is 37.4 Å². The van der Waals surface area contributed by atoms with Crippen molar-refractivity contribution in [1.82, 2.24) is 0 Å². The molecule has 1 aromatic rings. The Morgan fingerprint density at radius 1 is 1.41 bits per heavy atom. The van der Waals surface area contributed by atoms with Crippen molar-refractivity contribution < 1.29 is 24.2 Å². The maximum atomic E-state index is 10.4. The summed E-state index contributed by atoms with van der Waals surface area (Å²) in [6, 6.07) is 7.43. The molecule has 0 amide bonds. The van der Waals surface area contributed by atoms with Crippen LogP contribution in [0.5, 0.6) is 5.75 Å². The molecule has 1 aromatic carbocycles. The highest BCUT2D eigenvalue weighted by Crippen LogP contribution is 2.30. The van der Waals surface area contributed by atoms with E-state index in [2.05, 4.69) is 9.99 Å². The van der Waals surface area contributed by atoms with Gasteiger partial charge in [0, 0.05) is 18.9 Å². The fourth-order valence-electron chi connectivity index (χ4n) is 2.26. The van der Waals surface area contributed by atoms with Gasteiger partial charge in [0.1, 0.15) is 12.4 Å². The average molecular weight is 310 g/mol. The van der Waals surface area contributed by atoms with Gasteiger partial charge in [-0.15, -0.1) is 10.1 Å². The van der Waals surface area contributed by atoms with E-state index in [0.717, 1.165) is 11.3 Å². The Kier molecular flexibility index (Phi) is 5.54. The molecule has 8 nitrogen and oxygen atoms in total. The van der Waals surface area contributed by atoms with E-state index in [1.165, 1.54) is 0 Å². The van der Waals surface area contributed by atoms with E-state index in [1.807, 2.05) is 31.2 Å². The summed E-state index contributed by atoms with van der Waals surface area (Å²) in [6.07, 6.45) is 0.0385. The number of oxime groups is 1. The van der Waals surface area contributed by atoms with Crippen molar-refractivity contribution in [2.75, 3.05) is 20.3 Å². The van der Waals surface area contributed by atoms with Gasteiger partial charge in [0.15, 0.2) is 0 Å². The summed E-state index contributed by atoms with van der Waals surface area (Å²) < 4.78 is 10.6. The van der Waals surface area contributed by atoms with Gasteiger partial charge >= 0.3 is 0 Å². The summed E-state index contributed by atoms with van der Waals surface area (Å²) in [7, 11) is 1.59. The number of hydrogen-bond donors (Lipinski definition) is 0. The number of hydrogen-bond acceptors (Lipinski definition) is 7. The van der Waals surface area contributed by atoms with Gasteiger partial charge in [0.05, 0.1) is 12.8 Å². The van der Waals surface area contributed by atoms with Crippen LogP contribution in [0.25, 0.3) is 0 Å². The quantitative estimate of drug-likeness (QED) is 0.566. The zero-order chi connectivity index (χ0) is 15.9. The summed E-state index contributed by atoms with van der Waals surface area (Å²) in [4.78, 5) is 20.0. The fraction of sp³-hybridized carbons (Fsp3) is 0.500. The first-order chi connectivity index (χ1) is 10.6. The van der Waals surface area contributed by atoms with Gasteiger partial charge in [-0.1, -0.05) is 17.3 Å². The molecule has 1 aliphatic rings. The topological polar surface area (TPSA) is 92.4 Å². The molecule has 22 heavy (non-hydrogen) atoms. The first kappa shape index (κ1) is 16.0. The van der Waals surface area contributed by atoms with Crippen LogP contribution in [0.4, 0.5) is 0 Å². The molecule has 120 valence electrons. The summed E-state index contributed by atoms with van der Waals surface area (Å²) in [6.45, 7) is 2.12. The van der Waals surface area contributed by atoms with Crippen molar-refractivity contribution in [3.8, 4) is 5.75 Å². The lowest BCUT2D eigenvalue weighted by Gasteiger charge is -2.28. The van der Waals surface area contributed by atoms with Crippen molar-refractivity contribution in [3.05, 3.63) is 39.9 Å². The van der Waals surface area contributed by atoms with Crippen LogP contribution in [0.1, 0.15) is 24.8 Å². The van der Waals surface area contributed by atoms with E-state index >= 15 is 0 Å². The second-order valence-corrected chi connectivity index (χ2v) is 4.63. The van der Waals surface area contributed by atoms with E-state index in [1.54, 1.807) is 7.11 Å². The van der Waals surface area contributed by atoms with Crippen LogP contribution >= 0.6 is 0 Å². The lowest BCUT2D eigenvalue weighted by Crippen LogP contribution is -2.31. The Bertz CT molecular complexity index is 531. The Hall–Kier alpha value is -2.35. The Morgan fingerprint density at radius 3 is 2.73 bits per heavy atom. The van der Waals surface area contributed by atoms with Gasteiger partial charge in [-0.25, -0.2) is 0 Å². The minimum absolute atomic E-state index is 0.170. The molecular weight excluding hydrogens is 292 g/mol. The molecule has 1 aliphatic heterocycles. The second-order valence-electron chi connectivity index (χ2n) is 4.63. The minimum Gasteiger partial charge on any atom is -0.497 e. The maximum absolute atomic E-state index is 10.4. The summed E-state index contributed by atoms with van der Waals surface area (Å²) in [5, 5.41) is 13.5. The van der Waals surface area contributed by atoms with Crippen LogP contribution in [0, 0.1) is 10.1 Å². The lowest BCUT2D eigenvalue weighted by molar-refractivity contribution is -0.754. The summed E-state index contributed by atoms with van der Waals surface area (Å²) >= 11 is 0. The SMILES string of the molecule is CCO[C@@H]1C[C@@H](c2ccc(OC)cc2)C(CO[N+](=O)[O-])=NO1. The lowest BCUT2D eigenvalue weighted by atomic mass is 9.90. The highest BCUT2D eigenvalue weighted by Gasteiger charge is 2.30. The molecule has 8 heteroatoms. The van der Waals surface area contributed by atoms with E-state index in [0.29, 0.717) is 18.7 Å². The van der Waals surface area contributed by atoms with E-state index < -0.39 is 11.4 Å². The molecule has 2 atom stereocenters. The van der Waals surface area contributed by atoms with E-state index in [-0.39, 0.29) is 12.5 Å². The zero-order valence-corrected chi connectivity index (χ0v) is 12.4. The Balaban J connectivity index is 2.18. The average Bonchev–Trinajstić information content (AvgIpc) is 2.54. The Morgan fingerprint density at radius 2 is 2.14 bits per heavy atom. The van der Waals surface area contributed by atoms with Crippen LogP contribution in [0.2, 0.25) is 0 Å². The smallest absolute Gasteiger partial charge is 0.294 e. The van der Waals surface area contributed by atoms with Crippen LogP contribution in [0.15, 0.2) is 29.4 Å². The van der Waals surface area contributed by atoms with E-state index in [9.17, 15) is 10.1 Å². The van der Waals surface area contributed by atoms with Crippen molar-refractivity contribution in [2.24, 2.45) is 5.16 Å². The predicted molar refractivity (Wildman–Crippen MR) is 77.2 cm³/mol.